The lowest BCUT2D eigenvalue weighted by atomic mass is 10.1. The number of hydrogen-bond donors (Lipinski definition) is 3. The van der Waals surface area contributed by atoms with Crippen LogP contribution in [-0.4, -0.2) is 73.4 Å². The molecule has 0 bridgehead atoms. The molecule has 0 saturated carbocycles. The fourth-order valence-corrected chi connectivity index (χ4v) is 6.23. The monoisotopic (exact) mass is 904 g/mol. The third kappa shape index (κ3) is 46.1. The number of aliphatic hydroxyl groups is 1. The second-order valence-corrected chi connectivity index (χ2v) is 17.9. The van der Waals surface area contributed by atoms with Crippen LogP contribution >= 0.6 is 7.82 Å². The second-order valence-electron chi connectivity index (χ2n) is 16.4. The van der Waals surface area contributed by atoms with Crippen molar-refractivity contribution in [3.63, 3.8) is 0 Å². The minimum Gasteiger partial charge on any atom is -0.387 e. The topological polar surface area (TPSA) is 105 Å². The molecule has 0 aliphatic carbocycles. The van der Waals surface area contributed by atoms with E-state index in [4.69, 9.17) is 9.05 Å². The van der Waals surface area contributed by atoms with Crippen molar-refractivity contribution in [3.8, 4) is 0 Å². The Bertz CT molecular complexity index is 1580. The van der Waals surface area contributed by atoms with Crippen LogP contribution in [0.25, 0.3) is 0 Å². The highest BCUT2D eigenvalue weighted by Gasteiger charge is 2.27. The van der Waals surface area contributed by atoms with E-state index in [0.29, 0.717) is 17.4 Å². The minimum absolute atomic E-state index is 0.0418. The van der Waals surface area contributed by atoms with Gasteiger partial charge in [-0.1, -0.05) is 178 Å². The number of aliphatic hydroxyl groups excluding tert-OH is 1. The Morgan fingerprint density at radius 3 is 1.28 bits per heavy atom. The number of unbranched alkanes of at least 4 members (excludes halogenated alkanes) is 3. The molecule has 0 heterocycles. The maximum atomic E-state index is 12.7. The highest BCUT2D eigenvalue weighted by Crippen LogP contribution is 2.43. The molecule has 0 fully saturated rings. The number of allylic oxidation sites excluding steroid dienone is 25. The summed E-state index contributed by atoms with van der Waals surface area (Å²) < 4.78 is 23.2. The van der Waals surface area contributed by atoms with Gasteiger partial charge in [0.25, 0.3) is 0 Å². The van der Waals surface area contributed by atoms with Crippen molar-refractivity contribution in [2.75, 3.05) is 40.9 Å². The first kappa shape index (κ1) is 60.1. The number of rotatable bonds is 40. The van der Waals surface area contributed by atoms with Gasteiger partial charge < -0.3 is 19.8 Å². The Labute approximate surface area is 391 Å². The molecule has 9 heteroatoms. The van der Waals surface area contributed by atoms with Gasteiger partial charge in [-0.3, -0.25) is 13.8 Å². The molecule has 3 atom stereocenters. The Kier molecular flexibility index (Phi) is 41.6. The lowest BCUT2D eigenvalue weighted by Crippen LogP contribution is -2.45. The van der Waals surface area contributed by atoms with E-state index in [2.05, 4.69) is 158 Å². The van der Waals surface area contributed by atoms with Crippen LogP contribution in [0.3, 0.4) is 0 Å². The van der Waals surface area contributed by atoms with Crippen molar-refractivity contribution >= 4 is 13.7 Å². The lowest BCUT2D eigenvalue weighted by Gasteiger charge is -2.25. The maximum absolute atomic E-state index is 12.7. The largest absolute Gasteiger partial charge is 0.472 e. The molecule has 0 rings (SSSR count). The molecule has 0 spiro atoms. The summed E-state index contributed by atoms with van der Waals surface area (Å²) in [5.41, 5.74) is 0. The highest BCUT2D eigenvalue weighted by atomic mass is 31.2. The minimum atomic E-state index is -4.34. The van der Waals surface area contributed by atoms with Crippen LogP contribution in [0.15, 0.2) is 158 Å². The summed E-state index contributed by atoms with van der Waals surface area (Å²) in [6, 6.07) is -0.877. The molecule has 0 aromatic rings. The summed E-state index contributed by atoms with van der Waals surface area (Å²) in [4.78, 5) is 22.8. The quantitative estimate of drug-likeness (QED) is 0.0245. The van der Waals surface area contributed by atoms with Crippen LogP contribution in [0, 0.1) is 0 Å². The molecule has 1 amide bonds. The Balaban J connectivity index is 4.04. The molecule has 3 unspecified atom stereocenters. The number of likely N-dealkylation sites (N-methyl/N-ethyl adjacent to an activating group) is 1. The van der Waals surface area contributed by atoms with E-state index in [1.54, 1.807) is 6.08 Å². The summed E-state index contributed by atoms with van der Waals surface area (Å²) in [6.45, 7) is 4.39. The van der Waals surface area contributed by atoms with Crippen LogP contribution in [0.1, 0.15) is 129 Å². The number of nitrogens with zero attached hydrogens (tertiary/aromatic N) is 1. The number of carbonyl (C=O) groups excluding carboxylic acids is 1. The van der Waals surface area contributed by atoms with Crippen molar-refractivity contribution in [2.24, 2.45) is 0 Å². The zero-order chi connectivity index (χ0) is 47.1. The standard InChI is InChI=1S/C55H87N2O6P/c1-6-8-10-11-12-13-14-15-16-17-18-19-20-21-22-23-24-25-26-27-28-29-30-31-32-33-34-35-36-37-38-39-40-41-42-43-44-45-47-49-55(59)56-53(54(58)48-46-9-7-2)52-63-64(60,61)62-51-50-57(3,4)5/h8,10,12-13,15-16,18-19,21-22,24-25,27-28,30-31,33-34,36-37,39-40,42-43,46,48,53-54,58H,6-7,9,11,14,17,20,23,26,29,32,35,38,41,44-45,47,49-52H2,1-5H3,(H-,56,59,60,61)/p+1/b10-8-,13-12-,16-15-,19-18-,22-21-,25-24-,28-27-,31-30-,34-33-,37-36-,40-39-,43-42-,48-46+. The highest BCUT2D eigenvalue weighted by molar-refractivity contribution is 7.47. The molecule has 0 radical (unpaired) electrons. The van der Waals surface area contributed by atoms with Gasteiger partial charge in [-0.15, -0.1) is 0 Å². The molecule has 3 N–H and O–H groups in total. The number of phosphoric acid groups is 1. The Hall–Kier alpha value is -3.88. The molecule has 0 aromatic heterocycles. The molecule has 0 aliphatic heterocycles. The van der Waals surface area contributed by atoms with Crippen molar-refractivity contribution < 1.29 is 32.9 Å². The van der Waals surface area contributed by atoms with Gasteiger partial charge in [0.1, 0.15) is 13.2 Å². The van der Waals surface area contributed by atoms with E-state index in [1.807, 2.05) is 34.1 Å². The van der Waals surface area contributed by atoms with Crippen molar-refractivity contribution in [1.82, 2.24) is 5.32 Å². The van der Waals surface area contributed by atoms with Gasteiger partial charge >= 0.3 is 7.82 Å². The lowest BCUT2D eigenvalue weighted by molar-refractivity contribution is -0.870. The van der Waals surface area contributed by atoms with E-state index in [0.717, 1.165) is 103 Å². The molecule has 0 aromatic carbocycles. The average Bonchev–Trinajstić information content (AvgIpc) is 3.25. The normalized spacial score (nSPS) is 15.5. The van der Waals surface area contributed by atoms with Crippen LogP contribution < -0.4 is 5.32 Å². The van der Waals surface area contributed by atoms with Gasteiger partial charge in [-0.2, -0.15) is 0 Å². The number of amides is 1. The van der Waals surface area contributed by atoms with Gasteiger partial charge in [0.2, 0.25) is 5.91 Å². The number of quaternary nitrogens is 1. The summed E-state index contributed by atoms with van der Waals surface area (Å²) in [7, 11) is 1.50. The van der Waals surface area contributed by atoms with E-state index >= 15 is 0 Å². The third-order valence-corrected chi connectivity index (χ3v) is 10.2. The van der Waals surface area contributed by atoms with Crippen molar-refractivity contribution in [3.05, 3.63) is 158 Å². The fourth-order valence-electron chi connectivity index (χ4n) is 5.50. The molecular formula is C55H88N2O6P+. The number of hydrogen-bond acceptors (Lipinski definition) is 5. The maximum Gasteiger partial charge on any atom is 0.472 e. The first-order valence-corrected chi connectivity index (χ1v) is 25.4. The molecule has 8 nitrogen and oxygen atoms in total. The van der Waals surface area contributed by atoms with Gasteiger partial charge in [0.15, 0.2) is 0 Å². The Morgan fingerprint density at radius 1 is 0.547 bits per heavy atom. The van der Waals surface area contributed by atoms with Crippen LogP contribution in [0.5, 0.6) is 0 Å². The summed E-state index contributed by atoms with van der Waals surface area (Å²) in [5, 5.41) is 13.4. The number of carbonyl (C=O) groups is 1. The summed E-state index contributed by atoms with van der Waals surface area (Å²) >= 11 is 0. The number of phosphoric ester groups is 1. The van der Waals surface area contributed by atoms with E-state index in [1.165, 1.54) is 0 Å². The van der Waals surface area contributed by atoms with Gasteiger partial charge in [0, 0.05) is 6.42 Å². The van der Waals surface area contributed by atoms with Gasteiger partial charge in [-0.05, 0) is 103 Å². The second kappa shape index (κ2) is 44.3. The van der Waals surface area contributed by atoms with Crippen LogP contribution in [-0.2, 0) is 18.4 Å². The predicted octanol–water partition coefficient (Wildman–Crippen LogP) is 14.0. The summed E-state index contributed by atoms with van der Waals surface area (Å²) in [5.74, 6) is -0.241. The van der Waals surface area contributed by atoms with Crippen LogP contribution in [0.4, 0.5) is 0 Å². The first-order valence-electron chi connectivity index (χ1n) is 23.9. The molecule has 64 heavy (non-hydrogen) atoms. The van der Waals surface area contributed by atoms with Crippen molar-refractivity contribution in [2.45, 2.75) is 142 Å². The average molecular weight is 904 g/mol. The van der Waals surface area contributed by atoms with Gasteiger partial charge in [-0.25, -0.2) is 4.57 Å². The molecular weight excluding hydrogens is 816 g/mol. The first-order chi connectivity index (χ1) is 31.0. The molecule has 0 aliphatic rings. The molecule has 358 valence electrons. The van der Waals surface area contributed by atoms with Crippen molar-refractivity contribution in [1.29, 1.82) is 0 Å². The fraction of sp³-hybridized carbons (Fsp3) is 0.509. The van der Waals surface area contributed by atoms with E-state index in [-0.39, 0.29) is 25.5 Å². The third-order valence-electron chi connectivity index (χ3n) is 9.24. The predicted molar refractivity (Wildman–Crippen MR) is 276 cm³/mol. The van der Waals surface area contributed by atoms with Crippen LogP contribution in [0.2, 0.25) is 0 Å². The number of nitrogens with one attached hydrogen (secondary N) is 1. The smallest absolute Gasteiger partial charge is 0.387 e. The summed E-state index contributed by atoms with van der Waals surface area (Å²) in [6.07, 6.45) is 71.5. The van der Waals surface area contributed by atoms with E-state index in [9.17, 15) is 19.4 Å². The zero-order valence-corrected chi connectivity index (χ0v) is 41.3. The Morgan fingerprint density at radius 2 is 0.922 bits per heavy atom. The van der Waals surface area contributed by atoms with E-state index < -0.39 is 20.0 Å². The van der Waals surface area contributed by atoms with Gasteiger partial charge in [0.05, 0.1) is 39.9 Å². The molecule has 0 saturated heterocycles. The SMILES string of the molecule is CC/C=C\C/C=C\C/C=C\C/C=C\C/C=C\C/C=C\C/C=C\C/C=C\C/C=C\C/C=C\C/C=C\C/C=C\CCCCC(=O)NC(COP(=O)(O)OCC[N+](C)(C)C)C(O)/C=C/CCC. The zero-order valence-electron chi connectivity index (χ0n) is 40.4.